The number of aromatic nitrogens is 2. The van der Waals surface area contributed by atoms with Crippen molar-refractivity contribution in [2.75, 3.05) is 6.61 Å². The fourth-order valence-corrected chi connectivity index (χ4v) is 2.75. The molecule has 2 heterocycles. The van der Waals surface area contributed by atoms with Crippen molar-refractivity contribution in [3.8, 4) is 5.75 Å². The Morgan fingerprint density at radius 1 is 1.35 bits per heavy atom. The maximum atomic E-state index is 11.8. The quantitative estimate of drug-likeness (QED) is 0.727. The van der Waals surface area contributed by atoms with Gasteiger partial charge in [0.15, 0.2) is 6.61 Å². The summed E-state index contributed by atoms with van der Waals surface area (Å²) in [5.74, 6) is 0.387. The molecule has 0 unspecified atom stereocenters. The first-order valence-electron chi connectivity index (χ1n) is 6.93. The molecule has 0 amide bonds. The average molecular weight is 330 g/mol. The standard InChI is InChI=1S/C16H14N2O4S/c1-10-3-2-4-11(7-10)21-9-14(19)22-8-13-17-12-5-6-23-15(12)16(20)18-13/h2-7H,8-9H2,1H3,(H,17,18,20). The van der Waals surface area contributed by atoms with E-state index in [1.165, 1.54) is 11.3 Å². The van der Waals surface area contributed by atoms with Gasteiger partial charge in [-0.1, -0.05) is 12.1 Å². The second-order valence-corrected chi connectivity index (χ2v) is 5.83. The SMILES string of the molecule is Cc1cccc(OCC(=O)OCc2nc3ccsc3c(=O)[nH]2)c1. The second kappa shape index (κ2) is 6.62. The van der Waals surface area contributed by atoms with Crippen LogP contribution in [0.3, 0.4) is 0 Å². The van der Waals surface area contributed by atoms with Crippen molar-refractivity contribution in [3.05, 3.63) is 57.5 Å². The van der Waals surface area contributed by atoms with Crippen molar-refractivity contribution < 1.29 is 14.3 Å². The normalized spacial score (nSPS) is 10.7. The predicted octanol–water partition coefficient (Wildman–Crippen LogP) is 2.42. The number of aryl methyl sites for hydroxylation is 1. The zero-order chi connectivity index (χ0) is 16.2. The first-order valence-corrected chi connectivity index (χ1v) is 7.81. The molecule has 7 heteroatoms. The summed E-state index contributed by atoms with van der Waals surface area (Å²) in [6, 6.07) is 9.14. The van der Waals surface area contributed by atoms with Crippen LogP contribution in [0.1, 0.15) is 11.4 Å². The number of ether oxygens (including phenoxy) is 2. The molecule has 23 heavy (non-hydrogen) atoms. The minimum absolute atomic E-state index is 0.100. The van der Waals surface area contributed by atoms with Crippen LogP contribution in [0.25, 0.3) is 10.2 Å². The van der Waals surface area contributed by atoms with Crippen molar-refractivity contribution in [3.63, 3.8) is 0 Å². The van der Waals surface area contributed by atoms with Crippen molar-refractivity contribution in [2.24, 2.45) is 0 Å². The molecule has 0 aliphatic heterocycles. The number of nitrogens with one attached hydrogen (secondary N) is 1. The first-order chi connectivity index (χ1) is 11.1. The molecular weight excluding hydrogens is 316 g/mol. The molecule has 0 spiro atoms. The van der Waals surface area contributed by atoms with Crippen LogP contribution in [0.5, 0.6) is 5.75 Å². The van der Waals surface area contributed by atoms with Gasteiger partial charge in [0.2, 0.25) is 0 Å². The highest BCUT2D eigenvalue weighted by atomic mass is 32.1. The molecule has 0 fully saturated rings. The topological polar surface area (TPSA) is 81.3 Å². The summed E-state index contributed by atoms with van der Waals surface area (Å²) in [5, 5.41) is 1.79. The number of rotatable bonds is 5. The van der Waals surface area contributed by atoms with Crippen LogP contribution >= 0.6 is 11.3 Å². The first kappa shape index (κ1) is 15.2. The smallest absolute Gasteiger partial charge is 0.344 e. The van der Waals surface area contributed by atoms with Crippen LogP contribution in [-0.4, -0.2) is 22.5 Å². The molecule has 1 N–H and O–H groups in total. The van der Waals surface area contributed by atoms with E-state index in [0.717, 1.165) is 5.56 Å². The summed E-state index contributed by atoms with van der Waals surface area (Å²) in [7, 11) is 0. The highest BCUT2D eigenvalue weighted by molar-refractivity contribution is 7.17. The van der Waals surface area contributed by atoms with Gasteiger partial charge in [0.1, 0.15) is 22.9 Å². The predicted molar refractivity (Wildman–Crippen MR) is 86.7 cm³/mol. The molecular formula is C16H14N2O4S. The minimum Gasteiger partial charge on any atom is -0.482 e. The fraction of sp³-hybridized carbons (Fsp3) is 0.188. The summed E-state index contributed by atoms with van der Waals surface area (Å²) >= 11 is 1.32. The third-order valence-corrected chi connectivity index (χ3v) is 3.98. The Bertz CT molecular complexity index is 900. The Labute approximate surface area is 135 Å². The number of carbonyl (C=O) groups is 1. The van der Waals surface area contributed by atoms with Gasteiger partial charge in [0.05, 0.1) is 5.52 Å². The Morgan fingerprint density at radius 2 is 2.22 bits per heavy atom. The van der Waals surface area contributed by atoms with Gasteiger partial charge < -0.3 is 14.5 Å². The minimum atomic E-state index is -0.528. The lowest BCUT2D eigenvalue weighted by atomic mass is 10.2. The molecule has 0 radical (unpaired) electrons. The zero-order valence-electron chi connectivity index (χ0n) is 12.4. The van der Waals surface area contributed by atoms with Gasteiger partial charge in [-0.2, -0.15) is 0 Å². The molecule has 0 bridgehead atoms. The lowest BCUT2D eigenvalue weighted by Gasteiger charge is -2.07. The molecule has 0 saturated carbocycles. The molecule has 3 aromatic rings. The Hall–Kier alpha value is -2.67. The fourth-order valence-electron chi connectivity index (χ4n) is 2.03. The van der Waals surface area contributed by atoms with E-state index in [4.69, 9.17) is 9.47 Å². The third kappa shape index (κ3) is 3.75. The number of thiophene rings is 1. The lowest BCUT2D eigenvalue weighted by molar-refractivity contribution is -0.147. The van der Waals surface area contributed by atoms with Crippen LogP contribution in [-0.2, 0) is 16.1 Å². The van der Waals surface area contributed by atoms with Crippen molar-refractivity contribution in [1.82, 2.24) is 9.97 Å². The number of aromatic amines is 1. The maximum absolute atomic E-state index is 11.8. The van der Waals surface area contributed by atoms with Crippen LogP contribution in [0.4, 0.5) is 0 Å². The number of carbonyl (C=O) groups excluding carboxylic acids is 1. The summed E-state index contributed by atoms with van der Waals surface area (Å²) in [5.41, 5.74) is 1.41. The van der Waals surface area contributed by atoms with Crippen molar-refractivity contribution in [2.45, 2.75) is 13.5 Å². The van der Waals surface area contributed by atoms with Crippen LogP contribution in [0, 0.1) is 6.92 Å². The maximum Gasteiger partial charge on any atom is 0.344 e. The van der Waals surface area contributed by atoms with Gasteiger partial charge in [-0.05, 0) is 36.1 Å². The number of hydrogen-bond donors (Lipinski definition) is 1. The number of hydrogen-bond acceptors (Lipinski definition) is 6. The molecule has 0 saturated heterocycles. The van der Waals surface area contributed by atoms with E-state index < -0.39 is 5.97 Å². The molecule has 6 nitrogen and oxygen atoms in total. The lowest BCUT2D eigenvalue weighted by Crippen LogP contribution is -2.17. The molecule has 2 aromatic heterocycles. The second-order valence-electron chi connectivity index (χ2n) is 4.91. The van der Waals surface area contributed by atoms with Gasteiger partial charge in [-0.25, -0.2) is 9.78 Å². The highest BCUT2D eigenvalue weighted by Gasteiger charge is 2.09. The monoisotopic (exact) mass is 330 g/mol. The molecule has 0 aliphatic rings. The van der Waals surface area contributed by atoms with Gasteiger partial charge in [-0.3, -0.25) is 4.79 Å². The van der Waals surface area contributed by atoms with Gasteiger partial charge in [0.25, 0.3) is 5.56 Å². The van der Waals surface area contributed by atoms with E-state index in [1.54, 1.807) is 17.5 Å². The van der Waals surface area contributed by atoms with Crippen LogP contribution in [0.2, 0.25) is 0 Å². The van der Waals surface area contributed by atoms with Crippen molar-refractivity contribution in [1.29, 1.82) is 0 Å². The Balaban J connectivity index is 1.56. The van der Waals surface area contributed by atoms with Gasteiger partial charge in [-0.15, -0.1) is 11.3 Å². The van der Waals surface area contributed by atoms with Crippen LogP contribution in [0.15, 0.2) is 40.5 Å². The Kier molecular flexibility index (Phi) is 4.38. The highest BCUT2D eigenvalue weighted by Crippen LogP contribution is 2.14. The summed E-state index contributed by atoms with van der Waals surface area (Å²) < 4.78 is 11.0. The number of esters is 1. The molecule has 1 aromatic carbocycles. The van der Waals surface area contributed by atoms with Gasteiger partial charge >= 0.3 is 5.97 Å². The van der Waals surface area contributed by atoms with E-state index >= 15 is 0 Å². The number of H-pyrrole nitrogens is 1. The van der Waals surface area contributed by atoms with Gasteiger partial charge in [0, 0.05) is 0 Å². The van der Waals surface area contributed by atoms with E-state index in [2.05, 4.69) is 9.97 Å². The summed E-state index contributed by atoms with van der Waals surface area (Å²) in [6.07, 6.45) is 0. The Morgan fingerprint density at radius 3 is 3.04 bits per heavy atom. The largest absolute Gasteiger partial charge is 0.482 e. The number of nitrogens with zero attached hydrogens (tertiary/aromatic N) is 1. The summed E-state index contributed by atoms with van der Waals surface area (Å²) in [4.78, 5) is 30.3. The third-order valence-electron chi connectivity index (χ3n) is 3.08. The average Bonchev–Trinajstić information content (AvgIpc) is 3.00. The van der Waals surface area contributed by atoms with E-state index in [9.17, 15) is 9.59 Å². The van der Waals surface area contributed by atoms with E-state index in [0.29, 0.717) is 21.8 Å². The van der Waals surface area contributed by atoms with E-state index in [1.807, 2.05) is 25.1 Å². The zero-order valence-corrected chi connectivity index (χ0v) is 13.2. The molecule has 118 valence electrons. The van der Waals surface area contributed by atoms with E-state index in [-0.39, 0.29) is 18.8 Å². The van der Waals surface area contributed by atoms with Crippen LogP contribution < -0.4 is 10.3 Å². The molecule has 0 aliphatic carbocycles. The van der Waals surface area contributed by atoms with Crippen molar-refractivity contribution >= 4 is 27.5 Å². The summed E-state index contributed by atoms with van der Waals surface area (Å²) in [6.45, 7) is 1.64. The molecule has 3 rings (SSSR count). The number of benzene rings is 1. The molecule has 0 atom stereocenters. The number of fused-ring (bicyclic) bond motifs is 1.